The van der Waals surface area contributed by atoms with Crippen molar-refractivity contribution >= 4 is 11.9 Å². The predicted molar refractivity (Wildman–Crippen MR) is 68.2 cm³/mol. The second-order valence-corrected chi connectivity index (χ2v) is 3.82. The second-order valence-electron chi connectivity index (χ2n) is 3.82. The van der Waals surface area contributed by atoms with Gasteiger partial charge in [-0.1, -0.05) is 0 Å². The lowest BCUT2D eigenvalue weighted by atomic mass is 10.2. The van der Waals surface area contributed by atoms with Crippen LogP contribution in [0.25, 0.3) is 0 Å². The maximum Gasteiger partial charge on any atom is 0.115 e. The largest absolute Gasteiger partial charge is 0.508 e. The van der Waals surface area contributed by atoms with Gasteiger partial charge in [0.15, 0.2) is 0 Å². The lowest BCUT2D eigenvalue weighted by Gasteiger charge is -2.00. The first kappa shape index (κ1) is 11.2. The Morgan fingerprint density at radius 3 is 2.24 bits per heavy atom. The van der Waals surface area contributed by atoms with Crippen LogP contribution in [0.5, 0.6) is 11.5 Å². The molecule has 3 nitrogen and oxygen atoms in total. The van der Waals surface area contributed by atoms with Gasteiger partial charge in [0.2, 0.25) is 0 Å². The van der Waals surface area contributed by atoms with Crippen molar-refractivity contribution in [2.45, 2.75) is 6.92 Å². The summed E-state index contributed by atoms with van der Waals surface area (Å²) < 4.78 is 0. The highest BCUT2D eigenvalue weighted by atomic mass is 16.3. The highest BCUT2D eigenvalue weighted by Gasteiger charge is 1.96. The number of benzene rings is 2. The van der Waals surface area contributed by atoms with Crippen molar-refractivity contribution in [3.63, 3.8) is 0 Å². The minimum Gasteiger partial charge on any atom is -0.508 e. The quantitative estimate of drug-likeness (QED) is 0.774. The van der Waals surface area contributed by atoms with Gasteiger partial charge in [0.05, 0.1) is 5.69 Å². The minimum absolute atomic E-state index is 0.239. The molecule has 0 fully saturated rings. The molecule has 0 aliphatic heterocycles. The first-order valence-electron chi connectivity index (χ1n) is 5.28. The zero-order valence-corrected chi connectivity index (χ0v) is 9.46. The Morgan fingerprint density at radius 2 is 1.59 bits per heavy atom. The van der Waals surface area contributed by atoms with E-state index >= 15 is 0 Å². The molecule has 2 N–H and O–H groups in total. The number of aromatic hydroxyl groups is 2. The third-order valence-corrected chi connectivity index (χ3v) is 2.43. The molecule has 0 bridgehead atoms. The predicted octanol–water partition coefficient (Wildman–Crippen LogP) is 3.16. The molecule has 0 saturated heterocycles. The van der Waals surface area contributed by atoms with E-state index in [1.165, 1.54) is 0 Å². The van der Waals surface area contributed by atoms with Crippen molar-refractivity contribution < 1.29 is 10.2 Å². The normalized spacial score (nSPS) is 10.9. The Balaban J connectivity index is 2.23. The molecule has 0 amide bonds. The van der Waals surface area contributed by atoms with E-state index in [0.717, 1.165) is 16.8 Å². The Labute approximate surface area is 99.7 Å². The standard InChI is InChI=1S/C14H13NO2/c1-10-8-13(17)6-7-14(10)15-9-11-2-4-12(16)5-3-11/h2-9,16-17H,1H3. The highest BCUT2D eigenvalue weighted by molar-refractivity contribution is 5.82. The summed E-state index contributed by atoms with van der Waals surface area (Å²) in [5.41, 5.74) is 2.64. The van der Waals surface area contributed by atoms with E-state index in [4.69, 9.17) is 5.11 Å². The average molecular weight is 227 g/mol. The molecular formula is C14H13NO2. The lowest BCUT2D eigenvalue weighted by Crippen LogP contribution is -1.80. The summed E-state index contributed by atoms with van der Waals surface area (Å²) in [6.45, 7) is 1.89. The fourth-order valence-electron chi connectivity index (χ4n) is 1.49. The summed E-state index contributed by atoms with van der Waals surface area (Å²) in [7, 11) is 0. The Hall–Kier alpha value is -2.29. The van der Waals surface area contributed by atoms with Crippen LogP contribution in [0.2, 0.25) is 0 Å². The third-order valence-electron chi connectivity index (χ3n) is 2.43. The Morgan fingerprint density at radius 1 is 0.941 bits per heavy atom. The molecule has 2 rings (SSSR count). The van der Waals surface area contributed by atoms with Crippen molar-refractivity contribution in [2.75, 3.05) is 0 Å². The fraction of sp³-hybridized carbons (Fsp3) is 0.0714. The monoisotopic (exact) mass is 227 g/mol. The van der Waals surface area contributed by atoms with Crippen molar-refractivity contribution in [3.05, 3.63) is 53.6 Å². The SMILES string of the molecule is Cc1cc(O)ccc1N=Cc1ccc(O)cc1. The van der Waals surface area contributed by atoms with Crippen LogP contribution in [0.3, 0.4) is 0 Å². The topological polar surface area (TPSA) is 52.8 Å². The fourth-order valence-corrected chi connectivity index (χ4v) is 1.49. The van der Waals surface area contributed by atoms with E-state index < -0.39 is 0 Å². The first-order chi connectivity index (χ1) is 8.15. The van der Waals surface area contributed by atoms with E-state index in [-0.39, 0.29) is 11.5 Å². The van der Waals surface area contributed by atoms with Crippen LogP contribution < -0.4 is 0 Å². The summed E-state index contributed by atoms with van der Waals surface area (Å²) in [4.78, 5) is 4.33. The molecule has 86 valence electrons. The minimum atomic E-state index is 0.239. The number of phenolic OH excluding ortho intramolecular Hbond substituents is 2. The number of phenols is 2. The highest BCUT2D eigenvalue weighted by Crippen LogP contribution is 2.22. The summed E-state index contributed by atoms with van der Waals surface area (Å²) in [5, 5.41) is 18.4. The molecule has 3 heteroatoms. The van der Waals surface area contributed by atoms with Crippen LogP contribution in [0.15, 0.2) is 47.5 Å². The van der Waals surface area contributed by atoms with Gasteiger partial charge in [-0.2, -0.15) is 0 Å². The molecule has 0 aliphatic rings. The van der Waals surface area contributed by atoms with Crippen LogP contribution in [0.4, 0.5) is 5.69 Å². The summed E-state index contributed by atoms with van der Waals surface area (Å²) >= 11 is 0. The van der Waals surface area contributed by atoms with Gasteiger partial charge in [0, 0.05) is 6.21 Å². The molecule has 2 aromatic carbocycles. The van der Waals surface area contributed by atoms with E-state index in [0.29, 0.717) is 0 Å². The summed E-state index contributed by atoms with van der Waals surface area (Å²) in [6.07, 6.45) is 1.72. The van der Waals surface area contributed by atoms with Crippen LogP contribution in [0, 0.1) is 6.92 Å². The average Bonchev–Trinajstić information content (AvgIpc) is 2.30. The van der Waals surface area contributed by atoms with Gasteiger partial charge < -0.3 is 10.2 Å². The van der Waals surface area contributed by atoms with Crippen molar-refractivity contribution in [3.8, 4) is 11.5 Å². The lowest BCUT2D eigenvalue weighted by molar-refractivity contribution is 0.474. The molecule has 0 unspecified atom stereocenters. The van der Waals surface area contributed by atoms with Crippen LogP contribution in [-0.4, -0.2) is 16.4 Å². The van der Waals surface area contributed by atoms with Crippen molar-refractivity contribution in [2.24, 2.45) is 4.99 Å². The van der Waals surface area contributed by atoms with Gasteiger partial charge in [0.25, 0.3) is 0 Å². The molecule has 0 aliphatic carbocycles. The number of aliphatic imine (C=N–C) groups is 1. The number of aryl methyl sites for hydroxylation is 1. The first-order valence-corrected chi connectivity index (χ1v) is 5.28. The van der Waals surface area contributed by atoms with Gasteiger partial charge >= 0.3 is 0 Å². The van der Waals surface area contributed by atoms with Gasteiger partial charge in [0.1, 0.15) is 11.5 Å². The zero-order chi connectivity index (χ0) is 12.3. The number of hydrogen-bond acceptors (Lipinski definition) is 3. The molecule has 0 heterocycles. The number of hydrogen-bond donors (Lipinski definition) is 2. The van der Waals surface area contributed by atoms with Gasteiger partial charge in [-0.25, -0.2) is 0 Å². The molecule has 0 radical (unpaired) electrons. The van der Waals surface area contributed by atoms with Crippen LogP contribution in [0.1, 0.15) is 11.1 Å². The molecule has 17 heavy (non-hydrogen) atoms. The zero-order valence-electron chi connectivity index (χ0n) is 9.46. The maximum absolute atomic E-state index is 9.27. The smallest absolute Gasteiger partial charge is 0.115 e. The molecule has 0 aromatic heterocycles. The van der Waals surface area contributed by atoms with E-state index in [2.05, 4.69) is 4.99 Å². The van der Waals surface area contributed by atoms with Crippen molar-refractivity contribution in [1.82, 2.24) is 0 Å². The molecule has 2 aromatic rings. The van der Waals surface area contributed by atoms with E-state index in [1.54, 1.807) is 48.7 Å². The third kappa shape index (κ3) is 2.84. The summed E-state index contributed by atoms with van der Waals surface area (Å²) in [6, 6.07) is 11.8. The van der Waals surface area contributed by atoms with Crippen LogP contribution >= 0.6 is 0 Å². The van der Waals surface area contributed by atoms with Crippen LogP contribution in [-0.2, 0) is 0 Å². The molecule has 0 atom stereocenters. The second kappa shape index (κ2) is 4.70. The van der Waals surface area contributed by atoms with Gasteiger partial charge in [-0.3, -0.25) is 4.99 Å². The van der Waals surface area contributed by atoms with Crippen molar-refractivity contribution in [1.29, 1.82) is 0 Å². The van der Waals surface area contributed by atoms with E-state index in [9.17, 15) is 5.11 Å². The maximum atomic E-state index is 9.27. The van der Waals surface area contributed by atoms with Gasteiger partial charge in [-0.15, -0.1) is 0 Å². The number of nitrogens with zero attached hydrogens (tertiary/aromatic N) is 1. The molecule has 0 saturated carbocycles. The molecule has 0 spiro atoms. The van der Waals surface area contributed by atoms with E-state index in [1.807, 2.05) is 6.92 Å². The Bertz CT molecular complexity index is 545. The summed E-state index contributed by atoms with van der Waals surface area (Å²) in [5.74, 6) is 0.481. The van der Waals surface area contributed by atoms with Gasteiger partial charge in [-0.05, 0) is 60.5 Å². The number of rotatable bonds is 2. The Kier molecular flexibility index (Phi) is 3.10. The molecular weight excluding hydrogens is 214 g/mol.